The van der Waals surface area contributed by atoms with Gasteiger partial charge in [-0.3, -0.25) is 9.78 Å². The molecule has 8 nitrogen and oxygen atoms in total. The van der Waals surface area contributed by atoms with Gasteiger partial charge in [0.25, 0.3) is 6.47 Å². The second kappa shape index (κ2) is 8.07. The standard InChI is InChI=1S/C21H20N4O2S.CH2O2/c1-13-11-19(17-5-3-7-18-16(17)6-4-9-22-18)23-21-20(13)14(2)24-25(21)15-8-10-28(26,27)12-15;2-1-3/h3-7,9,11,15H,8,10,12H2,1-2H3;1H,(H,2,3). The first kappa shape index (κ1) is 20.9. The molecule has 3 aromatic heterocycles. The van der Waals surface area contributed by atoms with Crippen molar-refractivity contribution in [3.05, 3.63) is 53.9 Å². The van der Waals surface area contributed by atoms with Crippen LogP contribution in [-0.4, -0.2) is 51.3 Å². The summed E-state index contributed by atoms with van der Waals surface area (Å²) in [4.78, 5) is 17.7. The van der Waals surface area contributed by atoms with Crippen molar-refractivity contribution in [2.24, 2.45) is 0 Å². The highest BCUT2D eigenvalue weighted by molar-refractivity contribution is 7.91. The third kappa shape index (κ3) is 3.88. The van der Waals surface area contributed by atoms with Crippen LogP contribution in [0.25, 0.3) is 33.2 Å². The molecule has 9 heteroatoms. The number of nitrogens with zero attached hydrogens (tertiary/aromatic N) is 4. The molecule has 0 saturated carbocycles. The number of hydrogen-bond donors (Lipinski definition) is 1. The first-order chi connectivity index (χ1) is 14.8. The van der Waals surface area contributed by atoms with Crippen molar-refractivity contribution in [3.8, 4) is 11.3 Å². The van der Waals surface area contributed by atoms with Gasteiger partial charge in [0, 0.05) is 22.5 Å². The Morgan fingerprint density at radius 3 is 2.68 bits per heavy atom. The SMILES string of the molecule is Cc1cc(-c2cccc3ncccc23)nc2c1c(C)nn2C1CCS(=O)(=O)C1.O=CO. The summed E-state index contributed by atoms with van der Waals surface area (Å²) in [5, 5.41) is 13.6. The molecule has 1 aromatic carbocycles. The fourth-order valence-electron chi connectivity index (χ4n) is 4.22. The van der Waals surface area contributed by atoms with Gasteiger partial charge >= 0.3 is 0 Å². The van der Waals surface area contributed by atoms with Gasteiger partial charge in [0.1, 0.15) is 0 Å². The van der Waals surface area contributed by atoms with Crippen LogP contribution < -0.4 is 0 Å². The number of aryl methyl sites for hydroxylation is 2. The van der Waals surface area contributed by atoms with Crippen molar-refractivity contribution >= 4 is 38.2 Å². The number of benzene rings is 1. The van der Waals surface area contributed by atoms with Crippen LogP contribution in [0, 0.1) is 13.8 Å². The van der Waals surface area contributed by atoms with Crippen molar-refractivity contribution in [1.29, 1.82) is 0 Å². The lowest BCUT2D eigenvalue weighted by Gasteiger charge is -2.12. The van der Waals surface area contributed by atoms with Gasteiger partial charge in [-0.15, -0.1) is 0 Å². The molecular formula is C22H22N4O4S. The quantitative estimate of drug-likeness (QED) is 0.477. The summed E-state index contributed by atoms with van der Waals surface area (Å²) in [5.41, 5.74) is 5.52. The van der Waals surface area contributed by atoms with Gasteiger partial charge < -0.3 is 5.11 Å². The van der Waals surface area contributed by atoms with Crippen LogP contribution in [0.5, 0.6) is 0 Å². The molecule has 0 bridgehead atoms. The molecule has 160 valence electrons. The summed E-state index contributed by atoms with van der Waals surface area (Å²) in [7, 11) is -3.00. The monoisotopic (exact) mass is 438 g/mol. The van der Waals surface area contributed by atoms with E-state index in [0.717, 1.165) is 44.5 Å². The Hall–Kier alpha value is -3.33. The summed E-state index contributed by atoms with van der Waals surface area (Å²) < 4.78 is 25.8. The molecule has 1 fully saturated rings. The molecule has 0 spiro atoms. The Labute approximate surface area is 179 Å². The first-order valence-electron chi connectivity index (χ1n) is 9.83. The van der Waals surface area contributed by atoms with Crippen LogP contribution in [-0.2, 0) is 14.6 Å². The molecule has 1 atom stereocenters. The van der Waals surface area contributed by atoms with Crippen LogP contribution in [0.2, 0.25) is 0 Å². The lowest BCUT2D eigenvalue weighted by Crippen LogP contribution is -2.13. The topological polar surface area (TPSA) is 115 Å². The van der Waals surface area contributed by atoms with Crippen molar-refractivity contribution in [2.75, 3.05) is 11.5 Å². The summed E-state index contributed by atoms with van der Waals surface area (Å²) in [6, 6.07) is 11.9. The highest BCUT2D eigenvalue weighted by Crippen LogP contribution is 2.33. The molecule has 4 aromatic rings. The third-order valence-electron chi connectivity index (χ3n) is 5.51. The molecule has 1 aliphatic rings. The van der Waals surface area contributed by atoms with Gasteiger partial charge in [-0.2, -0.15) is 5.10 Å². The zero-order valence-corrected chi connectivity index (χ0v) is 18.0. The smallest absolute Gasteiger partial charge is 0.290 e. The van der Waals surface area contributed by atoms with Crippen molar-refractivity contribution in [3.63, 3.8) is 0 Å². The fourth-order valence-corrected chi connectivity index (χ4v) is 5.91. The molecule has 1 N–H and O–H groups in total. The van der Waals surface area contributed by atoms with E-state index in [2.05, 4.69) is 23.1 Å². The number of fused-ring (bicyclic) bond motifs is 2. The average molecular weight is 439 g/mol. The lowest BCUT2D eigenvalue weighted by molar-refractivity contribution is -0.122. The summed E-state index contributed by atoms with van der Waals surface area (Å²) in [6.07, 6.45) is 2.37. The van der Waals surface area contributed by atoms with Crippen LogP contribution in [0.4, 0.5) is 0 Å². The second-order valence-electron chi connectivity index (χ2n) is 7.59. The number of rotatable bonds is 2. The lowest BCUT2D eigenvalue weighted by atomic mass is 10.0. The number of carboxylic acid groups (broad SMARTS) is 1. The maximum absolute atomic E-state index is 12.0. The summed E-state index contributed by atoms with van der Waals surface area (Å²) in [6.45, 7) is 3.76. The van der Waals surface area contributed by atoms with E-state index in [0.29, 0.717) is 6.42 Å². The minimum absolute atomic E-state index is 0.131. The van der Waals surface area contributed by atoms with Crippen LogP contribution in [0.15, 0.2) is 42.6 Å². The molecule has 0 aliphatic carbocycles. The number of sulfone groups is 1. The molecule has 31 heavy (non-hydrogen) atoms. The zero-order valence-electron chi connectivity index (χ0n) is 17.2. The van der Waals surface area contributed by atoms with Crippen LogP contribution >= 0.6 is 0 Å². The van der Waals surface area contributed by atoms with E-state index in [1.165, 1.54) is 0 Å². The summed E-state index contributed by atoms with van der Waals surface area (Å²) in [5.74, 6) is 0.345. The summed E-state index contributed by atoms with van der Waals surface area (Å²) >= 11 is 0. The maximum Gasteiger partial charge on any atom is 0.290 e. The Morgan fingerprint density at radius 2 is 1.97 bits per heavy atom. The molecule has 4 heterocycles. The number of pyridine rings is 2. The van der Waals surface area contributed by atoms with E-state index in [9.17, 15) is 8.42 Å². The predicted octanol–water partition coefficient (Wildman–Crippen LogP) is 3.32. The van der Waals surface area contributed by atoms with Gasteiger partial charge in [0.2, 0.25) is 0 Å². The fraction of sp³-hybridized carbons (Fsp3) is 0.273. The molecule has 5 rings (SSSR count). The molecular weight excluding hydrogens is 416 g/mol. The van der Waals surface area contributed by atoms with E-state index < -0.39 is 9.84 Å². The van der Waals surface area contributed by atoms with Crippen molar-refractivity contribution in [1.82, 2.24) is 19.7 Å². The van der Waals surface area contributed by atoms with Crippen LogP contribution in [0.3, 0.4) is 0 Å². The highest BCUT2D eigenvalue weighted by atomic mass is 32.2. The van der Waals surface area contributed by atoms with E-state index in [-0.39, 0.29) is 24.0 Å². The normalized spacial score (nSPS) is 17.4. The highest BCUT2D eigenvalue weighted by Gasteiger charge is 2.31. The number of aromatic nitrogens is 4. The van der Waals surface area contributed by atoms with E-state index in [4.69, 9.17) is 14.9 Å². The Balaban J connectivity index is 0.000000730. The first-order valence-corrected chi connectivity index (χ1v) is 11.7. The van der Waals surface area contributed by atoms with E-state index in [1.54, 1.807) is 6.20 Å². The zero-order chi connectivity index (χ0) is 22.2. The van der Waals surface area contributed by atoms with Gasteiger partial charge in [0.05, 0.1) is 34.5 Å². The average Bonchev–Trinajstić information content (AvgIpc) is 3.27. The second-order valence-corrected chi connectivity index (χ2v) is 9.82. The third-order valence-corrected chi connectivity index (χ3v) is 7.26. The van der Waals surface area contributed by atoms with Gasteiger partial charge in [-0.25, -0.2) is 18.1 Å². The maximum atomic E-state index is 12.0. The van der Waals surface area contributed by atoms with Gasteiger partial charge in [0.15, 0.2) is 15.5 Å². The molecule has 1 saturated heterocycles. The van der Waals surface area contributed by atoms with Crippen LogP contribution in [0.1, 0.15) is 23.7 Å². The predicted molar refractivity (Wildman–Crippen MR) is 119 cm³/mol. The number of carbonyl (C=O) groups is 1. The molecule has 0 amide bonds. The Kier molecular flexibility index (Phi) is 5.45. The molecule has 0 radical (unpaired) electrons. The van der Waals surface area contributed by atoms with E-state index >= 15 is 0 Å². The number of hydrogen-bond acceptors (Lipinski definition) is 6. The molecule has 1 aliphatic heterocycles. The Morgan fingerprint density at radius 1 is 1.19 bits per heavy atom. The largest absolute Gasteiger partial charge is 0.483 e. The Bertz CT molecular complexity index is 1390. The minimum atomic E-state index is -3.00. The van der Waals surface area contributed by atoms with Crippen molar-refractivity contribution in [2.45, 2.75) is 26.3 Å². The van der Waals surface area contributed by atoms with Gasteiger partial charge in [-0.05, 0) is 44.0 Å². The van der Waals surface area contributed by atoms with E-state index in [1.807, 2.05) is 41.9 Å². The minimum Gasteiger partial charge on any atom is -0.483 e. The molecule has 1 unspecified atom stereocenters. The van der Waals surface area contributed by atoms with Crippen molar-refractivity contribution < 1.29 is 18.3 Å². The van der Waals surface area contributed by atoms with Gasteiger partial charge in [-0.1, -0.05) is 18.2 Å².